The van der Waals surface area contributed by atoms with Crippen LogP contribution >= 0.6 is 0 Å². The zero-order valence-corrected chi connectivity index (χ0v) is 25.3. The second kappa shape index (κ2) is 17.6. The molecule has 5 heteroatoms. The SMILES string of the molecule is CCCCCCCCCc1cc(CCCCCCCCC)c2c(S(=O)(=O)[O-])cccc2c1.[K+]. The molecule has 2 aromatic rings. The van der Waals surface area contributed by atoms with Crippen molar-refractivity contribution < 1.29 is 64.4 Å². The standard InChI is InChI=1S/C28H44O3S.K/c1-3-5-7-9-11-13-15-18-24-22-25(19-16-14-12-10-8-6-4-2)28-26(23-24)20-17-21-27(28)32(29,30)31;/h17,20-23H,3-16,18-19H2,1-2H3,(H,29,30,31);/q;+1/p-1. The summed E-state index contributed by atoms with van der Waals surface area (Å²) in [4.78, 5) is -0.0598. The quantitative estimate of drug-likeness (QED) is 0.168. The molecule has 0 spiro atoms. The van der Waals surface area contributed by atoms with E-state index >= 15 is 0 Å². The minimum absolute atomic E-state index is 0. The van der Waals surface area contributed by atoms with Crippen LogP contribution in [0.4, 0.5) is 0 Å². The zero-order valence-electron chi connectivity index (χ0n) is 21.3. The van der Waals surface area contributed by atoms with E-state index in [1.165, 1.54) is 82.3 Å². The minimum atomic E-state index is -4.49. The summed E-state index contributed by atoms with van der Waals surface area (Å²) in [6.07, 6.45) is 19.3. The molecule has 0 atom stereocenters. The summed E-state index contributed by atoms with van der Waals surface area (Å²) in [6.45, 7) is 4.47. The van der Waals surface area contributed by atoms with Gasteiger partial charge in [-0.3, -0.25) is 0 Å². The summed E-state index contributed by atoms with van der Waals surface area (Å²) in [5.74, 6) is 0. The van der Waals surface area contributed by atoms with Crippen LogP contribution in [0.3, 0.4) is 0 Å². The molecule has 0 aliphatic heterocycles. The van der Waals surface area contributed by atoms with Crippen LogP contribution in [0.25, 0.3) is 10.8 Å². The molecule has 3 nitrogen and oxygen atoms in total. The van der Waals surface area contributed by atoms with Gasteiger partial charge in [-0.1, -0.05) is 115 Å². The Kier molecular flexibility index (Phi) is 16.7. The van der Waals surface area contributed by atoms with E-state index in [0.717, 1.165) is 43.1 Å². The molecule has 0 aliphatic rings. The molecule has 0 aliphatic carbocycles. The van der Waals surface area contributed by atoms with Crippen molar-refractivity contribution >= 4 is 20.9 Å². The molecule has 0 radical (unpaired) electrons. The maximum absolute atomic E-state index is 11.9. The fourth-order valence-electron chi connectivity index (χ4n) is 4.66. The molecule has 0 aromatic heterocycles. The molecule has 0 fully saturated rings. The van der Waals surface area contributed by atoms with Gasteiger partial charge in [0.05, 0.1) is 4.90 Å². The predicted octanol–water partition coefficient (Wildman–Crippen LogP) is 5.33. The first-order chi connectivity index (χ1) is 15.5. The molecular formula is C28H43KO3S. The first-order valence-corrected chi connectivity index (χ1v) is 14.4. The molecule has 2 rings (SSSR count). The molecule has 0 amide bonds. The number of aryl methyl sites for hydroxylation is 2. The van der Waals surface area contributed by atoms with Crippen LogP contribution in [0.15, 0.2) is 35.2 Å². The van der Waals surface area contributed by atoms with Crippen LogP contribution in [0.5, 0.6) is 0 Å². The summed E-state index contributed by atoms with van der Waals surface area (Å²) in [6, 6.07) is 9.38. The van der Waals surface area contributed by atoms with Crippen molar-refractivity contribution in [2.75, 3.05) is 0 Å². The first-order valence-electron chi connectivity index (χ1n) is 13.0. The molecule has 0 saturated carbocycles. The molecule has 0 heterocycles. The van der Waals surface area contributed by atoms with Crippen molar-refractivity contribution in [2.24, 2.45) is 0 Å². The summed E-state index contributed by atoms with van der Waals surface area (Å²) in [7, 11) is -4.49. The van der Waals surface area contributed by atoms with Gasteiger partial charge in [-0.2, -0.15) is 0 Å². The Bertz CT molecular complexity index is 909. The minimum Gasteiger partial charge on any atom is -0.744 e. The first kappa shape index (κ1) is 31.3. The van der Waals surface area contributed by atoms with Gasteiger partial charge >= 0.3 is 51.4 Å². The van der Waals surface area contributed by atoms with E-state index in [1.54, 1.807) is 6.07 Å². The summed E-state index contributed by atoms with van der Waals surface area (Å²) in [5, 5.41) is 1.54. The molecule has 2 aromatic carbocycles. The van der Waals surface area contributed by atoms with E-state index in [9.17, 15) is 13.0 Å². The van der Waals surface area contributed by atoms with E-state index in [1.807, 2.05) is 6.07 Å². The summed E-state index contributed by atoms with van der Waals surface area (Å²) < 4.78 is 35.8. The van der Waals surface area contributed by atoms with Crippen LogP contribution in [-0.2, 0) is 23.0 Å². The van der Waals surface area contributed by atoms with Gasteiger partial charge in [-0.15, -0.1) is 0 Å². The molecule has 0 N–H and O–H groups in total. The molecule has 33 heavy (non-hydrogen) atoms. The average molecular weight is 499 g/mol. The monoisotopic (exact) mass is 498 g/mol. The maximum Gasteiger partial charge on any atom is 1.00 e. The van der Waals surface area contributed by atoms with Crippen molar-refractivity contribution in [3.8, 4) is 0 Å². The van der Waals surface area contributed by atoms with E-state index in [4.69, 9.17) is 0 Å². The Labute approximate surface area is 245 Å². The predicted molar refractivity (Wildman–Crippen MR) is 135 cm³/mol. The van der Waals surface area contributed by atoms with Gasteiger partial charge in [0, 0.05) is 5.39 Å². The van der Waals surface area contributed by atoms with Crippen LogP contribution in [0.1, 0.15) is 115 Å². The Balaban J connectivity index is 0.00000544. The molecule has 180 valence electrons. The largest absolute Gasteiger partial charge is 1.00 e. The van der Waals surface area contributed by atoms with E-state index < -0.39 is 10.1 Å². The van der Waals surface area contributed by atoms with Crippen molar-refractivity contribution in [2.45, 2.75) is 121 Å². The third kappa shape index (κ3) is 11.7. The van der Waals surface area contributed by atoms with Crippen LogP contribution in [0.2, 0.25) is 0 Å². The third-order valence-electron chi connectivity index (χ3n) is 6.47. The van der Waals surface area contributed by atoms with Crippen LogP contribution < -0.4 is 51.4 Å². The molecular weight excluding hydrogens is 455 g/mol. The van der Waals surface area contributed by atoms with Gasteiger partial charge in [0.1, 0.15) is 10.1 Å². The topological polar surface area (TPSA) is 57.2 Å². The van der Waals surface area contributed by atoms with Gasteiger partial charge in [-0.25, -0.2) is 8.42 Å². The number of rotatable bonds is 17. The third-order valence-corrected chi connectivity index (χ3v) is 7.35. The number of fused-ring (bicyclic) bond motifs is 1. The number of unbranched alkanes of at least 4 members (excludes halogenated alkanes) is 12. The number of hydrogen-bond donors (Lipinski definition) is 0. The Morgan fingerprint density at radius 3 is 1.76 bits per heavy atom. The van der Waals surface area contributed by atoms with Gasteiger partial charge in [0.25, 0.3) is 0 Å². The molecule has 0 saturated heterocycles. The Hall–Kier alpha value is 0.246. The van der Waals surface area contributed by atoms with Crippen LogP contribution in [-0.4, -0.2) is 13.0 Å². The van der Waals surface area contributed by atoms with Crippen molar-refractivity contribution in [1.82, 2.24) is 0 Å². The molecule has 0 unspecified atom stereocenters. The zero-order chi connectivity index (χ0) is 23.2. The van der Waals surface area contributed by atoms with E-state index in [-0.39, 0.29) is 56.3 Å². The summed E-state index contributed by atoms with van der Waals surface area (Å²) >= 11 is 0. The number of benzene rings is 2. The van der Waals surface area contributed by atoms with Crippen molar-refractivity contribution in [3.63, 3.8) is 0 Å². The fourth-order valence-corrected chi connectivity index (χ4v) is 5.40. The smallest absolute Gasteiger partial charge is 0.744 e. The van der Waals surface area contributed by atoms with Crippen molar-refractivity contribution in [3.05, 3.63) is 41.5 Å². The van der Waals surface area contributed by atoms with Gasteiger partial charge in [0.15, 0.2) is 0 Å². The Morgan fingerprint density at radius 1 is 0.697 bits per heavy atom. The fraction of sp³-hybridized carbons (Fsp3) is 0.643. The normalized spacial score (nSPS) is 11.6. The second-order valence-electron chi connectivity index (χ2n) is 9.31. The van der Waals surface area contributed by atoms with Crippen LogP contribution in [0, 0.1) is 0 Å². The average Bonchev–Trinajstić information content (AvgIpc) is 2.76. The number of hydrogen-bond acceptors (Lipinski definition) is 3. The van der Waals surface area contributed by atoms with Gasteiger partial charge in [-0.05, 0) is 48.3 Å². The van der Waals surface area contributed by atoms with E-state index in [0.29, 0.717) is 5.39 Å². The Morgan fingerprint density at radius 2 is 1.21 bits per heavy atom. The van der Waals surface area contributed by atoms with Gasteiger partial charge in [0.2, 0.25) is 0 Å². The maximum atomic E-state index is 11.9. The van der Waals surface area contributed by atoms with E-state index in [2.05, 4.69) is 26.0 Å². The van der Waals surface area contributed by atoms with Gasteiger partial charge < -0.3 is 4.55 Å². The van der Waals surface area contributed by atoms with Crippen molar-refractivity contribution in [1.29, 1.82) is 0 Å². The molecule has 0 bridgehead atoms. The summed E-state index contributed by atoms with van der Waals surface area (Å²) in [5.41, 5.74) is 2.30. The second-order valence-corrected chi connectivity index (χ2v) is 10.7.